The third-order valence-electron chi connectivity index (χ3n) is 9.10. The zero-order chi connectivity index (χ0) is 23.8. The maximum Gasteiger partial charge on any atom is 0.416 e. The molecular weight excluding hydrogens is 441 g/mol. The number of piperazine rings is 1. The number of halogens is 3. The van der Waals surface area contributed by atoms with E-state index in [4.69, 9.17) is 0 Å². The highest BCUT2D eigenvalue weighted by Crippen LogP contribution is 2.59. The predicted octanol–water partition coefficient (Wildman–Crippen LogP) is 5.13. The predicted molar refractivity (Wildman–Crippen MR) is 122 cm³/mol. The molecule has 0 radical (unpaired) electrons. The van der Waals surface area contributed by atoms with E-state index in [-0.39, 0.29) is 17.5 Å². The Bertz CT molecular complexity index is 1110. The van der Waals surface area contributed by atoms with E-state index in [1.807, 2.05) is 4.90 Å². The first-order valence-electron chi connectivity index (χ1n) is 12.4. The van der Waals surface area contributed by atoms with Crippen molar-refractivity contribution in [2.45, 2.75) is 76.7 Å². The molecule has 4 aliphatic rings. The van der Waals surface area contributed by atoms with Gasteiger partial charge in [0.15, 0.2) is 0 Å². The molecule has 6 rings (SSSR count). The van der Waals surface area contributed by atoms with Gasteiger partial charge in [0.2, 0.25) is 5.91 Å². The Morgan fingerprint density at radius 2 is 1.82 bits per heavy atom. The zero-order valence-electron chi connectivity index (χ0n) is 19.7. The molecule has 2 bridgehead atoms. The van der Waals surface area contributed by atoms with Crippen LogP contribution in [0.1, 0.15) is 61.5 Å². The fourth-order valence-corrected chi connectivity index (χ4v) is 7.64. The SMILES string of the molecule is Cc1ccc(C)n1[C@@H]1C[C@H]2CCC[C@@]2(C(=O)N2C[C@@H]3C[C@H]2CN3c2cc(C(F)(F)F)ccn2)C1. The number of likely N-dealkylation sites (tertiary alicyclic amines) is 1. The van der Waals surface area contributed by atoms with E-state index in [9.17, 15) is 18.0 Å². The number of rotatable bonds is 3. The van der Waals surface area contributed by atoms with Crippen LogP contribution in [-0.4, -0.2) is 45.5 Å². The third-order valence-corrected chi connectivity index (χ3v) is 9.10. The second-order valence-electron chi connectivity index (χ2n) is 10.9. The number of hydrogen-bond donors (Lipinski definition) is 0. The molecular formula is C26H31F3N4O. The maximum atomic E-state index is 14.1. The molecule has 2 aromatic rings. The second-order valence-corrected chi connectivity index (χ2v) is 10.9. The van der Waals surface area contributed by atoms with Crippen LogP contribution in [0.25, 0.3) is 0 Å². The fraction of sp³-hybridized carbons (Fsp3) is 0.615. The molecule has 5 atom stereocenters. The van der Waals surface area contributed by atoms with Crippen molar-refractivity contribution < 1.29 is 18.0 Å². The Balaban J connectivity index is 1.21. The van der Waals surface area contributed by atoms with Crippen molar-refractivity contribution in [1.29, 1.82) is 0 Å². The highest BCUT2D eigenvalue weighted by molar-refractivity contribution is 5.85. The summed E-state index contributed by atoms with van der Waals surface area (Å²) in [7, 11) is 0. The van der Waals surface area contributed by atoms with Gasteiger partial charge in [-0.15, -0.1) is 0 Å². The molecule has 0 unspecified atom stereocenters. The Labute approximate surface area is 197 Å². The van der Waals surface area contributed by atoms with Crippen LogP contribution in [0.3, 0.4) is 0 Å². The number of amides is 1. The van der Waals surface area contributed by atoms with Gasteiger partial charge in [-0.1, -0.05) is 6.42 Å². The zero-order valence-corrected chi connectivity index (χ0v) is 19.7. The standard InChI is InChI=1S/C26H31F3N4O/c1-16-5-6-17(2)33(16)20-10-18-4-3-8-25(18,13-20)24(34)32-15-21-12-22(32)14-31(21)23-11-19(7-9-30-23)26(27,28)29/h5-7,9,11,18,20-22H,3-4,8,10,12-15H2,1-2H3/t18-,20-,21+,22+,25-/m1/s1. The van der Waals surface area contributed by atoms with Crippen molar-refractivity contribution in [2.75, 3.05) is 18.0 Å². The number of pyridine rings is 1. The van der Waals surface area contributed by atoms with Crippen molar-refractivity contribution in [3.05, 3.63) is 47.4 Å². The van der Waals surface area contributed by atoms with Gasteiger partial charge in [0.05, 0.1) is 23.1 Å². The molecule has 2 aliphatic heterocycles. The van der Waals surface area contributed by atoms with Crippen molar-refractivity contribution in [3.63, 3.8) is 0 Å². The number of nitrogens with zero attached hydrogens (tertiary/aromatic N) is 4. The fourth-order valence-electron chi connectivity index (χ4n) is 7.64. The van der Waals surface area contributed by atoms with E-state index in [0.717, 1.165) is 50.7 Å². The monoisotopic (exact) mass is 472 g/mol. The lowest BCUT2D eigenvalue weighted by atomic mass is 9.78. The number of carbonyl (C=O) groups excluding carboxylic acids is 1. The van der Waals surface area contributed by atoms with Crippen LogP contribution in [0.4, 0.5) is 19.0 Å². The lowest BCUT2D eigenvalue weighted by molar-refractivity contribution is -0.144. The molecule has 182 valence electrons. The minimum Gasteiger partial charge on any atom is -0.350 e. The van der Waals surface area contributed by atoms with Gasteiger partial charge in [-0.2, -0.15) is 13.2 Å². The lowest BCUT2D eigenvalue weighted by Crippen LogP contribution is -2.53. The van der Waals surface area contributed by atoms with Gasteiger partial charge in [-0.25, -0.2) is 4.98 Å². The van der Waals surface area contributed by atoms with E-state index in [2.05, 4.69) is 40.4 Å². The van der Waals surface area contributed by atoms with Crippen LogP contribution >= 0.6 is 0 Å². The Morgan fingerprint density at radius 3 is 2.50 bits per heavy atom. The van der Waals surface area contributed by atoms with Crippen LogP contribution < -0.4 is 4.90 Å². The normalized spacial score (nSPS) is 32.6. The van der Waals surface area contributed by atoms with Gasteiger partial charge in [0.1, 0.15) is 5.82 Å². The molecule has 34 heavy (non-hydrogen) atoms. The van der Waals surface area contributed by atoms with E-state index in [1.54, 1.807) is 0 Å². The largest absolute Gasteiger partial charge is 0.416 e. The first-order chi connectivity index (χ1) is 16.2. The summed E-state index contributed by atoms with van der Waals surface area (Å²) in [6.45, 7) is 5.43. The summed E-state index contributed by atoms with van der Waals surface area (Å²) in [5.74, 6) is 1.08. The number of anilines is 1. The van der Waals surface area contributed by atoms with Crippen LogP contribution in [-0.2, 0) is 11.0 Å². The number of hydrogen-bond acceptors (Lipinski definition) is 3. The maximum absolute atomic E-state index is 14.1. The summed E-state index contributed by atoms with van der Waals surface area (Å²) in [6, 6.07) is 6.93. The third kappa shape index (κ3) is 3.20. The minimum absolute atomic E-state index is 0.0346. The van der Waals surface area contributed by atoms with Gasteiger partial charge in [0.25, 0.3) is 0 Å². The number of aryl methyl sites for hydroxylation is 2. The molecule has 0 aromatic carbocycles. The van der Waals surface area contributed by atoms with Crippen molar-refractivity contribution in [1.82, 2.24) is 14.5 Å². The van der Waals surface area contributed by atoms with E-state index in [0.29, 0.717) is 36.8 Å². The first-order valence-corrected chi connectivity index (χ1v) is 12.4. The van der Waals surface area contributed by atoms with Crippen LogP contribution in [0.5, 0.6) is 0 Å². The summed E-state index contributed by atoms with van der Waals surface area (Å²) in [6.07, 6.45) is 2.80. The summed E-state index contributed by atoms with van der Waals surface area (Å²) in [5, 5.41) is 0. The average molecular weight is 473 g/mol. The molecule has 4 heterocycles. The lowest BCUT2D eigenvalue weighted by Gasteiger charge is -2.40. The molecule has 2 aromatic heterocycles. The molecule has 0 spiro atoms. The van der Waals surface area contributed by atoms with Gasteiger partial charge in [0, 0.05) is 36.7 Å². The van der Waals surface area contributed by atoms with E-state index in [1.165, 1.54) is 17.6 Å². The van der Waals surface area contributed by atoms with Gasteiger partial charge >= 0.3 is 6.18 Å². The molecule has 8 heteroatoms. The molecule has 4 fully saturated rings. The molecule has 2 aliphatic carbocycles. The first kappa shape index (κ1) is 22.0. The number of carbonyl (C=O) groups is 1. The average Bonchev–Trinajstić information content (AvgIpc) is 3.59. The molecule has 2 saturated heterocycles. The Hall–Kier alpha value is -2.51. The number of aromatic nitrogens is 2. The van der Waals surface area contributed by atoms with Crippen molar-refractivity contribution in [2.24, 2.45) is 11.3 Å². The summed E-state index contributed by atoms with van der Waals surface area (Å²) < 4.78 is 42.0. The highest BCUT2D eigenvalue weighted by atomic mass is 19.4. The van der Waals surface area contributed by atoms with E-state index < -0.39 is 11.7 Å². The van der Waals surface area contributed by atoms with Crippen LogP contribution in [0.15, 0.2) is 30.5 Å². The van der Waals surface area contributed by atoms with Crippen LogP contribution in [0.2, 0.25) is 0 Å². The molecule has 0 N–H and O–H groups in total. The van der Waals surface area contributed by atoms with Gasteiger partial charge < -0.3 is 14.4 Å². The minimum atomic E-state index is -4.38. The van der Waals surface area contributed by atoms with Gasteiger partial charge in [-0.3, -0.25) is 4.79 Å². The van der Waals surface area contributed by atoms with Crippen molar-refractivity contribution in [3.8, 4) is 0 Å². The topological polar surface area (TPSA) is 41.4 Å². The van der Waals surface area contributed by atoms with Crippen molar-refractivity contribution >= 4 is 11.7 Å². The smallest absolute Gasteiger partial charge is 0.350 e. The summed E-state index contributed by atoms with van der Waals surface area (Å²) >= 11 is 0. The highest BCUT2D eigenvalue weighted by Gasteiger charge is 2.59. The van der Waals surface area contributed by atoms with Gasteiger partial charge in [-0.05, 0) is 76.1 Å². The number of alkyl halides is 3. The number of fused-ring (bicyclic) bond motifs is 3. The molecule has 1 amide bonds. The Kier molecular flexibility index (Phi) is 4.84. The summed E-state index contributed by atoms with van der Waals surface area (Å²) in [5.41, 5.74) is 1.56. The summed E-state index contributed by atoms with van der Waals surface area (Å²) in [4.78, 5) is 22.4. The van der Waals surface area contributed by atoms with E-state index >= 15 is 0 Å². The molecule has 5 nitrogen and oxygen atoms in total. The quantitative estimate of drug-likeness (QED) is 0.622. The Morgan fingerprint density at radius 1 is 1.06 bits per heavy atom. The second kappa shape index (κ2) is 7.49. The van der Waals surface area contributed by atoms with Crippen LogP contribution in [0, 0.1) is 25.2 Å². The molecule has 2 saturated carbocycles.